The molecular weight excluding hydrogens is 314 g/mol. The minimum Gasteiger partial charge on any atom is -0.497 e. The van der Waals surface area contributed by atoms with E-state index in [2.05, 4.69) is 5.32 Å². The molecule has 0 spiro atoms. The Labute approximate surface area is 141 Å². The molecule has 0 aliphatic heterocycles. The highest BCUT2D eigenvalue weighted by Gasteiger charge is 2.14. The summed E-state index contributed by atoms with van der Waals surface area (Å²) in [6.07, 6.45) is 0.168. The summed E-state index contributed by atoms with van der Waals surface area (Å²) in [6, 6.07) is 14.8. The molecule has 0 saturated heterocycles. The Bertz CT molecular complexity index is 643. The molecule has 1 amide bonds. The molecule has 0 aliphatic rings. The van der Waals surface area contributed by atoms with E-state index >= 15 is 0 Å². The van der Waals surface area contributed by atoms with Gasteiger partial charge in [-0.25, -0.2) is 0 Å². The van der Waals surface area contributed by atoms with Crippen molar-refractivity contribution in [1.82, 2.24) is 5.32 Å². The van der Waals surface area contributed by atoms with Gasteiger partial charge in [-0.1, -0.05) is 29.8 Å². The molecule has 1 N–H and O–H groups in total. The van der Waals surface area contributed by atoms with Crippen molar-refractivity contribution < 1.29 is 14.3 Å². The van der Waals surface area contributed by atoms with E-state index in [-0.39, 0.29) is 5.91 Å². The first kappa shape index (κ1) is 17.2. The van der Waals surface area contributed by atoms with Crippen molar-refractivity contribution in [2.24, 2.45) is 0 Å². The number of amides is 1. The predicted octanol–water partition coefficient (Wildman–Crippen LogP) is 3.47. The fourth-order valence-corrected chi connectivity index (χ4v) is 2.18. The first-order valence-electron chi connectivity index (χ1n) is 7.41. The number of rotatable bonds is 7. The number of ether oxygens (including phenoxy) is 2. The Morgan fingerprint density at radius 2 is 1.87 bits per heavy atom. The molecule has 4 nitrogen and oxygen atoms in total. The van der Waals surface area contributed by atoms with E-state index in [0.717, 1.165) is 12.0 Å². The van der Waals surface area contributed by atoms with Crippen molar-refractivity contribution in [2.75, 3.05) is 13.7 Å². The van der Waals surface area contributed by atoms with Gasteiger partial charge in [-0.3, -0.25) is 4.79 Å². The van der Waals surface area contributed by atoms with Crippen molar-refractivity contribution in [2.45, 2.75) is 19.4 Å². The van der Waals surface area contributed by atoms with Crippen molar-refractivity contribution in [1.29, 1.82) is 0 Å². The van der Waals surface area contributed by atoms with Gasteiger partial charge in [0.1, 0.15) is 11.5 Å². The Morgan fingerprint density at radius 3 is 2.57 bits per heavy atom. The van der Waals surface area contributed by atoms with E-state index in [1.54, 1.807) is 26.2 Å². The highest BCUT2D eigenvalue weighted by Crippen LogP contribution is 2.19. The molecular formula is C18H20ClNO3. The van der Waals surface area contributed by atoms with E-state index in [1.807, 2.05) is 36.4 Å². The summed E-state index contributed by atoms with van der Waals surface area (Å²) >= 11 is 5.84. The summed E-state index contributed by atoms with van der Waals surface area (Å²) in [5.74, 6) is 1.14. The number of carbonyl (C=O) groups is 1. The van der Waals surface area contributed by atoms with Crippen molar-refractivity contribution in [3.05, 3.63) is 59.1 Å². The van der Waals surface area contributed by atoms with Gasteiger partial charge in [0.15, 0.2) is 6.10 Å². The minimum atomic E-state index is -0.577. The molecule has 2 aromatic rings. The number of nitrogens with one attached hydrogen (secondary N) is 1. The van der Waals surface area contributed by atoms with Crippen LogP contribution in [0, 0.1) is 0 Å². The van der Waals surface area contributed by atoms with E-state index < -0.39 is 6.10 Å². The molecule has 0 saturated carbocycles. The van der Waals surface area contributed by atoms with Gasteiger partial charge >= 0.3 is 0 Å². The second-order valence-corrected chi connectivity index (χ2v) is 5.54. The average molecular weight is 334 g/mol. The zero-order valence-electron chi connectivity index (χ0n) is 13.2. The monoisotopic (exact) mass is 333 g/mol. The third-order valence-electron chi connectivity index (χ3n) is 3.35. The number of halogens is 1. The smallest absolute Gasteiger partial charge is 0.260 e. The molecule has 0 fully saturated rings. The third-order valence-corrected chi connectivity index (χ3v) is 3.60. The number of carbonyl (C=O) groups excluding carboxylic acids is 1. The van der Waals surface area contributed by atoms with Gasteiger partial charge in [-0.15, -0.1) is 0 Å². The summed E-state index contributed by atoms with van der Waals surface area (Å²) < 4.78 is 10.8. The van der Waals surface area contributed by atoms with Crippen LogP contribution < -0.4 is 14.8 Å². The van der Waals surface area contributed by atoms with Gasteiger partial charge in [0, 0.05) is 17.6 Å². The lowest BCUT2D eigenvalue weighted by Gasteiger charge is -2.15. The lowest BCUT2D eigenvalue weighted by molar-refractivity contribution is -0.127. The van der Waals surface area contributed by atoms with Crippen molar-refractivity contribution in [3.8, 4) is 11.5 Å². The summed E-state index contributed by atoms with van der Waals surface area (Å²) in [5.41, 5.74) is 1.12. The van der Waals surface area contributed by atoms with Crippen LogP contribution in [0.15, 0.2) is 48.5 Å². The molecule has 2 aromatic carbocycles. The molecule has 5 heteroatoms. The largest absolute Gasteiger partial charge is 0.497 e. The first-order chi connectivity index (χ1) is 11.1. The van der Waals surface area contributed by atoms with Crippen LogP contribution in [-0.2, 0) is 11.2 Å². The Balaban J connectivity index is 1.79. The fourth-order valence-electron chi connectivity index (χ4n) is 2.06. The van der Waals surface area contributed by atoms with Crippen LogP contribution in [0.25, 0.3) is 0 Å². The molecule has 2 rings (SSSR count). The van der Waals surface area contributed by atoms with Crippen molar-refractivity contribution in [3.63, 3.8) is 0 Å². The third kappa shape index (κ3) is 5.49. The topological polar surface area (TPSA) is 47.6 Å². The SMILES string of the molecule is COc1cccc(O[C@@H](C)C(=O)NCCc2ccc(Cl)cc2)c1. The summed E-state index contributed by atoms with van der Waals surface area (Å²) in [5, 5.41) is 3.57. The van der Waals surface area contributed by atoms with Gasteiger partial charge in [0.25, 0.3) is 5.91 Å². The van der Waals surface area contributed by atoms with Gasteiger partial charge < -0.3 is 14.8 Å². The maximum Gasteiger partial charge on any atom is 0.260 e. The Kier molecular flexibility index (Phi) is 6.29. The Morgan fingerprint density at radius 1 is 1.17 bits per heavy atom. The summed E-state index contributed by atoms with van der Waals surface area (Å²) in [4.78, 5) is 12.1. The lowest BCUT2D eigenvalue weighted by Crippen LogP contribution is -2.37. The zero-order chi connectivity index (χ0) is 16.7. The highest BCUT2D eigenvalue weighted by atomic mass is 35.5. The van der Waals surface area contributed by atoms with Gasteiger partial charge in [-0.05, 0) is 43.2 Å². The zero-order valence-corrected chi connectivity index (χ0v) is 14.0. The second-order valence-electron chi connectivity index (χ2n) is 5.11. The van der Waals surface area contributed by atoms with E-state index in [9.17, 15) is 4.79 Å². The van der Waals surface area contributed by atoms with Crippen LogP contribution in [0.1, 0.15) is 12.5 Å². The Hall–Kier alpha value is -2.20. The quantitative estimate of drug-likeness (QED) is 0.844. The number of hydrogen-bond donors (Lipinski definition) is 1. The first-order valence-corrected chi connectivity index (χ1v) is 7.79. The second kappa shape index (κ2) is 8.44. The maximum atomic E-state index is 12.1. The van der Waals surface area contributed by atoms with E-state index in [4.69, 9.17) is 21.1 Å². The van der Waals surface area contributed by atoms with Gasteiger partial charge in [0.05, 0.1) is 7.11 Å². The molecule has 0 heterocycles. The van der Waals surface area contributed by atoms with E-state index in [0.29, 0.717) is 23.1 Å². The standard InChI is InChI=1S/C18H20ClNO3/c1-13(23-17-5-3-4-16(12-17)22-2)18(21)20-11-10-14-6-8-15(19)9-7-14/h3-9,12-13H,10-11H2,1-2H3,(H,20,21)/t13-/m0/s1. The van der Waals surface area contributed by atoms with Gasteiger partial charge in [-0.2, -0.15) is 0 Å². The molecule has 0 bridgehead atoms. The van der Waals surface area contributed by atoms with Crippen LogP contribution in [0.3, 0.4) is 0 Å². The van der Waals surface area contributed by atoms with Crippen LogP contribution in [0.5, 0.6) is 11.5 Å². The summed E-state index contributed by atoms with van der Waals surface area (Å²) in [7, 11) is 1.59. The van der Waals surface area contributed by atoms with Gasteiger partial charge in [0.2, 0.25) is 0 Å². The normalized spacial score (nSPS) is 11.6. The van der Waals surface area contributed by atoms with E-state index in [1.165, 1.54) is 0 Å². The molecule has 1 atom stereocenters. The number of methoxy groups -OCH3 is 1. The van der Waals surface area contributed by atoms with Crippen molar-refractivity contribution >= 4 is 17.5 Å². The minimum absolute atomic E-state index is 0.151. The average Bonchev–Trinajstić information content (AvgIpc) is 2.56. The molecule has 0 aromatic heterocycles. The van der Waals surface area contributed by atoms with Crippen LogP contribution in [-0.4, -0.2) is 25.7 Å². The predicted molar refractivity (Wildman–Crippen MR) is 91.2 cm³/mol. The number of hydrogen-bond acceptors (Lipinski definition) is 3. The molecule has 0 unspecified atom stereocenters. The van der Waals surface area contributed by atoms with Crippen LogP contribution in [0.4, 0.5) is 0 Å². The highest BCUT2D eigenvalue weighted by molar-refractivity contribution is 6.30. The maximum absolute atomic E-state index is 12.1. The molecule has 0 aliphatic carbocycles. The van der Waals surface area contributed by atoms with Crippen LogP contribution in [0.2, 0.25) is 5.02 Å². The van der Waals surface area contributed by atoms with Crippen LogP contribution >= 0.6 is 11.6 Å². The molecule has 122 valence electrons. The molecule has 23 heavy (non-hydrogen) atoms. The summed E-state index contributed by atoms with van der Waals surface area (Å²) in [6.45, 7) is 2.27. The fraction of sp³-hybridized carbons (Fsp3) is 0.278. The molecule has 0 radical (unpaired) electrons. The lowest BCUT2D eigenvalue weighted by atomic mass is 10.1. The number of benzene rings is 2.